The van der Waals surface area contributed by atoms with Gasteiger partial charge in [-0.05, 0) is 18.2 Å². The zero-order valence-electron chi connectivity index (χ0n) is 14.3. The van der Waals surface area contributed by atoms with Gasteiger partial charge in [-0.3, -0.25) is 14.6 Å². The van der Waals surface area contributed by atoms with Crippen LogP contribution in [-0.4, -0.2) is 62.7 Å². The van der Waals surface area contributed by atoms with E-state index in [9.17, 15) is 9.59 Å². The molecule has 26 heavy (non-hydrogen) atoms. The zero-order chi connectivity index (χ0) is 18.1. The van der Waals surface area contributed by atoms with Crippen molar-refractivity contribution in [3.05, 3.63) is 53.9 Å². The molecule has 1 aliphatic heterocycles. The quantitative estimate of drug-likeness (QED) is 0.695. The Morgan fingerprint density at radius 2 is 1.77 bits per heavy atom. The van der Waals surface area contributed by atoms with Gasteiger partial charge in [-0.2, -0.15) is 0 Å². The third kappa shape index (κ3) is 3.01. The minimum Gasteiger partial charge on any atom is -0.441 e. The van der Waals surface area contributed by atoms with E-state index >= 15 is 0 Å². The van der Waals surface area contributed by atoms with Gasteiger partial charge in [0.1, 0.15) is 11.2 Å². The number of fused-ring (bicyclic) bond motifs is 1. The van der Waals surface area contributed by atoms with Gasteiger partial charge < -0.3 is 14.2 Å². The van der Waals surface area contributed by atoms with Crippen LogP contribution in [0, 0.1) is 6.92 Å². The van der Waals surface area contributed by atoms with E-state index in [1.54, 1.807) is 34.9 Å². The molecule has 1 aromatic carbocycles. The Labute approximate surface area is 149 Å². The number of benzene rings is 1. The lowest BCUT2D eigenvalue weighted by atomic mass is 10.1. The van der Waals surface area contributed by atoms with Crippen LogP contribution in [0.4, 0.5) is 0 Å². The molecular formula is C18H17N5O3. The average molecular weight is 351 g/mol. The monoisotopic (exact) mass is 351 g/mol. The number of carbonyl (C=O) groups excluding carboxylic acids is 2. The highest BCUT2D eigenvalue weighted by molar-refractivity contribution is 5.97. The first-order chi connectivity index (χ1) is 12.6. The average Bonchev–Trinajstić information content (AvgIpc) is 3.07. The second kappa shape index (κ2) is 6.55. The van der Waals surface area contributed by atoms with Gasteiger partial charge >= 0.3 is 0 Å². The number of carbonyl (C=O) groups is 2. The van der Waals surface area contributed by atoms with Crippen molar-refractivity contribution in [1.29, 1.82) is 0 Å². The predicted octanol–water partition coefficient (Wildman–Crippen LogP) is 1.52. The molecule has 1 aliphatic rings. The summed E-state index contributed by atoms with van der Waals surface area (Å²) in [6.45, 7) is 3.65. The maximum Gasteiger partial charge on any atom is 0.274 e. The van der Waals surface area contributed by atoms with Crippen LogP contribution in [0.25, 0.3) is 11.1 Å². The van der Waals surface area contributed by atoms with Crippen molar-refractivity contribution in [3.8, 4) is 0 Å². The predicted molar refractivity (Wildman–Crippen MR) is 92.6 cm³/mol. The molecule has 3 aromatic rings. The van der Waals surface area contributed by atoms with Crippen molar-refractivity contribution in [2.24, 2.45) is 0 Å². The zero-order valence-corrected chi connectivity index (χ0v) is 14.3. The van der Waals surface area contributed by atoms with Crippen LogP contribution in [0.5, 0.6) is 0 Å². The summed E-state index contributed by atoms with van der Waals surface area (Å²) in [4.78, 5) is 40.8. The normalized spacial score (nSPS) is 14.7. The maximum absolute atomic E-state index is 12.7. The van der Waals surface area contributed by atoms with Crippen molar-refractivity contribution < 1.29 is 14.0 Å². The third-order valence-corrected chi connectivity index (χ3v) is 4.38. The Bertz CT molecular complexity index is 961. The van der Waals surface area contributed by atoms with E-state index in [0.29, 0.717) is 54.4 Å². The molecule has 2 amide bonds. The van der Waals surface area contributed by atoms with Crippen LogP contribution in [-0.2, 0) is 0 Å². The molecule has 8 heteroatoms. The van der Waals surface area contributed by atoms with E-state index in [2.05, 4.69) is 15.0 Å². The number of aromatic nitrogens is 3. The molecule has 8 nitrogen and oxygen atoms in total. The molecule has 0 saturated carbocycles. The fraction of sp³-hybridized carbons (Fsp3) is 0.278. The standard InChI is InChI=1S/C18H17N5O3/c1-12-21-14-10-13(2-3-16(14)26-12)17(24)22-6-8-23(9-7-22)18(25)15-11-19-4-5-20-15/h2-5,10-11H,6-9H2,1H3. The van der Waals surface area contributed by atoms with E-state index in [4.69, 9.17) is 4.42 Å². The summed E-state index contributed by atoms with van der Waals surface area (Å²) in [6, 6.07) is 5.24. The lowest BCUT2D eigenvalue weighted by Crippen LogP contribution is -2.50. The molecule has 3 heterocycles. The van der Waals surface area contributed by atoms with E-state index in [0.717, 1.165) is 0 Å². The van der Waals surface area contributed by atoms with Crippen molar-refractivity contribution >= 4 is 22.9 Å². The molecule has 0 radical (unpaired) electrons. The van der Waals surface area contributed by atoms with E-state index in [-0.39, 0.29) is 11.8 Å². The van der Waals surface area contributed by atoms with Gasteiger partial charge in [0.15, 0.2) is 11.5 Å². The number of nitrogens with zero attached hydrogens (tertiary/aromatic N) is 5. The molecule has 2 aromatic heterocycles. The smallest absolute Gasteiger partial charge is 0.274 e. The molecular weight excluding hydrogens is 334 g/mol. The molecule has 4 rings (SSSR count). The highest BCUT2D eigenvalue weighted by atomic mass is 16.3. The van der Waals surface area contributed by atoms with Crippen molar-refractivity contribution in [2.45, 2.75) is 6.92 Å². The second-order valence-corrected chi connectivity index (χ2v) is 6.09. The van der Waals surface area contributed by atoms with Gasteiger partial charge in [-0.1, -0.05) is 0 Å². The van der Waals surface area contributed by atoms with Crippen molar-refractivity contribution in [3.63, 3.8) is 0 Å². The van der Waals surface area contributed by atoms with Crippen LogP contribution in [0.15, 0.2) is 41.2 Å². The van der Waals surface area contributed by atoms with Gasteiger partial charge in [0.25, 0.3) is 11.8 Å². The summed E-state index contributed by atoms with van der Waals surface area (Å²) in [5, 5.41) is 0. The molecule has 0 atom stereocenters. The molecule has 0 bridgehead atoms. The highest BCUT2D eigenvalue weighted by Gasteiger charge is 2.26. The summed E-state index contributed by atoms with van der Waals surface area (Å²) in [7, 11) is 0. The number of oxazole rings is 1. The largest absolute Gasteiger partial charge is 0.441 e. The van der Waals surface area contributed by atoms with E-state index < -0.39 is 0 Å². The first-order valence-electron chi connectivity index (χ1n) is 8.33. The number of hydrogen-bond acceptors (Lipinski definition) is 6. The lowest BCUT2D eigenvalue weighted by molar-refractivity contribution is 0.0532. The fourth-order valence-electron chi connectivity index (χ4n) is 3.04. The maximum atomic E-state index is 12.7. The summed E-state index contributed by atoms with van der Waals surface area (Å²) in [5.41, 5.74) is 2.22. The van der Waals surface area contributed by atoms with Gasteiger partial charge in [0, 0.05) is 51.1 Å². The van der Waals surface area contributed by atoms with Crippen molar-refractivity contribution in [2.75, 3.05) is 26.2 Å². The minimum absolute atomic E-state index is 0.0702. The minimum atomic E-state index is -0.162. The molecule has 1 saturated heterocycles. The van der Waals surface area contributed by atoms with Crippen LogP contribution in [0.2, 0.25) is 0 Å². The van der Waals surface area contributed by atoms with Gasteiger partial charge in [0.05, 0.1) is 6.20 Å². The Morgan fingerprint density at radius 1 is 1.04 bits per heavy atom. The highest BCUT2D eigenvalue weighted by Crippen LogP contribution is 2.18. The number of amides is 2. The third-order valence-electron chi connectivity index (χ3n) is 4.38. The van der Waals surface area contributed by atoms with E-state index in [1.165, 1.54) is 18.6 Å². The molecule has 132 valence electrons. The molecule has 0 spiro atoms. The Morgan fingerprint density at radius 3 is 2.46 bits per heavy atom. The van der Waals surface area contributed by atoms with Gasteiger partial charge in [-0.15, -0.1) is 0 Å². The van der Waals surface area contributed by atoms with Crippen LogP contribution >= 0.6 is 0 Å². The number of aryl methyl sites for hydroxylation is 1. The van der Waals surface area contributed by atoms with Crippen molar-refractivity contribution in [1.82, 2.24) is 24.8 Å². The van der Waals surface area contributed by atoms with Gasteiger partial charge in [-0.25, -0.2) is 9.97 Å². The Kier molecular flexibility index (Phi) is 4.08. The number of hydrogen-bond donors (Lipinski definition) is 0. The van der Waals surface area contributed by atoms with Crippen LogP contribution < -0.4 is 0 Å². The Balaban J connectivity index is 1.43. The molecule has 0 N–H and O–H groups in total. The first-order valence-corrected chi connectivity index (χ1v) is 8.33. The SMILES string of the molecule is Cc1nc2cc(C(=O)N3CCN(C(=O)c4cnccn4)CC3)ccc2o1. The molecule has 0 unspecified atom stereocenters. The summed E-state index contributed by atoms with van der Waals surface area (Å²) in [5.74, 6) is 0.338. The fourth-order valence-corrected chi connectivity index (χ4v) is 3.04. The van der Waals surface area contributed by atoms with Gasteiger partial charge in [0.2, 0.25) is 0 Å². The number of piperazine rings is 1. The second-order valence-electron chi connectivity index (χ2n) is 6.09. The number of rotatable bonds is 2. The van der Waals surface area contributed by atoms with Crippen LogP contribution in [0.1, 0.15) is 26.7 Å². The first kappa shape index (κ1) is 16.2. The molecule has 1 fully saturated rings. The topological polar surface area (TPSA) is 92.4 Å². The van der Waals surface area contributed by atoms with E-state index in [1.807, 2.05) is 0 Å². The lowest BCUT2D eigenvalue weighted by Gasteiger charge is -2.34. The summed E-state index contributed by atoms with van der Waals surface area (Å²) >= 11 is 0. The molecule has 0 aliphatic carbocycles. The van der Waals surface area contributed by atoms with Crippen LogP contribution in [0.3, 0.4) is 0 Å². The summed E-state index contributed by atoms with van der Waals surface area (Å²) in [6.07, 6.45) is 4.48. The Hall–Kier alpha value is -3.29. The summed E-state index contributed by atoms with van der Waals surface area (Å²) < 4.78 is 5.44.